The summed E-state index contributed by atoms with van der Waals surface area (Å²) >= 11 is 0. The van der Waals surface area contributed by atoms with E-state index in [4.69, 9.17) is 5.11 Å². The van der Waals surface area contributed by atoms with Gasteiger partial charge in [-0.2, -0.15) is 13.2 Å². The van der Waals surface area contributed by atoms with Gasteiger partial charge in [-0.05, 0) is 30.9 Å². The Hall–Kier alpha value is -2.05. The molecule has 1 fully saturated rings. The Bertz CT molecular complexity index is 600. The molecule has 0 bridgehead atoms. The van der Waals surface area contributed by atoms with Crippen molar-refractivity contribution in [2.45, 2.75) is 31.5 Å². The van der Waals surface area contributed by atoms with Crippen LogP contribution < -0.4 is 0 Å². The fraction of sp³-hybridized carbons (Fsp3) is 0.467. The number of carbonyl (C=O) groups excluding carboxylic acids is 1. The number of carboxylic acids is 1. The molecule has 1 N–H and O–H groups in total. The van der Waals surface area contributed by atoms with Crippen molar-refractivity contribution < 1.29 is 27.9 Å². The topological polar surface area (TPSA) is 57.6 Å². The number of hydrogen-bond acceptors (Lipinski definition) is 2. The standard InChI is InChI=1S/C15H16F3NO3/c1-8(14(21)22)19(2)13(20)11-7-10(11)9-5-3-4-6-12(9)15(16,17)18/h3-6,8,10-11H,7H2,1-2H3,(H,21,22)/t8-,10-,11-/m1/s1. The van der Waals surface area contributed by atoms with E-state index in [2.05, 4.69) is 0 Å². The summed E-state index contributed by atoms with van der Waals surface area (Å²) in [6, 6.07) is 4.19. The first-order chi connectivity index (χ1) is 10.1. The molecule has 0 aliphatic heterocycles. The van der Waals surface area contributed by atoms with Crippen LogP contribution >= 0.6 is 0 Å². The van der Waals surface area contributed by atoms with Crippen molar-refractivity contribution in [1.82, 2.24) is 4.90 Å². The third-order valence-corrected chi connectivity index (χ3v) is 4.06. The molecule has 1 aliphatic carbocycles. The van der Waals surface area contributed by atoms with E-state index in [0.29, 0.717) is 6.42 Å². The fourth-order valence-electron chi connectivity index (χ4n) is 2.51. The Morgan fingerprint density at radius 2 is 1.91 bits per heavy atom. The molecule has 120 valence electrons. The lowest BCUT2D eigenvalue weighted by Gasteiger charge is -2.21. The third kappa shape index (κ3) is 3.08. The third-order valence-electron chi connectivity index (χ3n) is 4.06. The predicted octanol–water partition coefficient (Wildman–Crippen LogP) is 2.74. The van der Waals surface area contributed by atoms with Crippen molar-refractivity contribution in [3.8, 4) is 0 Å². The second kappa shape index (κ2) is 5.62. The SMILES string of the molecule is C[C@H](C(=O)O)N(C)C(=O)[C@@H]1C[C@@H]1c1ccccc1C(F)(F)F. The Morgan fingerprint density at radius 1 is 1.32 bits per heavy atom. The molecule has 3 atom stereocenters. The average Bonchev–Trinajstić information content (AvgIpc) is 3.24. The lowest BCUT2D eigenvalue weighted by atomic mass is 10.0. The molecule has 0 saturated heterocycles. The number of carbonyl (C=O) groups is 2. The Labute approximate surface area is 125 Å². The van der Waals surface area contributed by atoms with Gasteiger partial charge in [-0.25, -0.2) is 4.79 Å². The highest BCUT2D eigenvalue weighted by Crippen LogP contribution is 2.51. The first-order valence-corrected chi connectivity index (χ1v) is 6.80. The van der Waals surface area contributed by atoms with Crippen molar-refractivity contribution in [2.24, 2.45) is 5.92 Å². The van der Waals surface area contributed by atoms with Crippen LogP contribution in [0.25, 0.3) is 0 Å². The molecular weight excluding hydrogens is 299 g/mol. The van der Waals surface area contributed by atoms with Gasteiger partial charge in [-0.1, -0.05) is 18.2 Å². The van der Waals surface area contributed by atoms with Crippen LogP contribution in [0.15, 0.2) is 24.3 Å². The molecule has 0 unspecified atom stereocenters. The second-order valence-electron chi connectivity index (χ2n) is 5.50. The Morgan fingerprint density at radius 3 is 2.45 bits per heavy atom. The second-order valence-corrected chi connectivity index (χ2v) is 5.50. The number of rotatable bonds is 4. The Balaban J connectivity index is 2.17. The maximum Gasteiger partial charge on any atom is 0.416 e. The number of halogens is 3. The summed E-state index contributed by atoms with van der Waals surface area (Å²) in [6.07, 6.45) is -4.16. The van der Waals surface area contributed by atoms with E-state index in [0.717, 1.165) is 11.0 Å². The smallest absolute Gasteiger partial charge is 0.416 e. The van der Waals surface area contributed by atoms with Crippen molar-refractivity contribution >= 4 is 11.9 Å². The molecular formula is C15H16F3NO3. The van der Waals surface area contributed by atoms with Gasteiger partial charge < -0.3 is 10.0 Å². The van der Waals surface area contributed by atoms with Crippen LogP contribution in [0, 0.1) is 5.92 Å². The van der Waals surface area contributed by atoms with Crippen LogP contribution in [-0.4, -0.2) is 35.0 Å². The van der Waals surface area contributed by atoms with E-state index in [1.807, 2.05) is 0 Å². The maximum absolute atomic E-state index is 13.0. The zero-order valence-electron chi connectivity index (χ0n) is 12.1. The normalized spacial score (nSPS) is 22.0. The van der Waals surface area contributed by atoms with Crippen LogP contribution in [-0.2, 0) is 15.8 Å². The number of aliphatic carboxylic acids is 1. The van der Waals surface area contributed by atoms with Crippen molar-refractivity contribution in [3.63, 3.8) is 0 Å². The lowest BCUT2D eigenvalue weighted by Crippen LogP contribution is -2.41. The molecule has 1 aliphatic rings. The van der Waals surface area contributed by atoms with E-state index in [1.165, 1.54) is 32.2 Å². The molecule has 1 saturated carbocycles. The van der Waals surface area contributed by atoms with Crippen LogP contribution in [0.3, 0.4) is 0 Å². The van der Waals surface area contributed by atoms with Gasteiger partial charge in [0.1, 0.15) is 6.04 Å². The molecule has 0 aromatic heterocycles. The minimum absolute atomic E-state index is 0.102. The number of nitrogens with zero attached hydrogens (tertiary/aromatic N) is 1. The molecule has 7 heteroatoms. The summed E-state index contributed by atoms with van der Waals surface area (Å²) in [7, 11) is 1.35. The summed E-state index contributed by atoms with van der Waals surface area (Å²) in [4.78, 5) is 24.1. The van der Waals surface area contributed by atoms with Crippen LogP contribution in [0.2, 0.25) is 0 Å². The number of hydrogen-bond donors (Lipinski definition) is 1. The summed E-state index contributed by atoms with van der Waals surface area (Å²) in [6.45, 7) is 1.36. The van der Waals surface area contributed by atoms with Gasteiger partial charge in [-0.3, -0.25) is 4.79 Å². The van der Waals surface area contributed by atoms with Gasteiger partial charge >= 0.3 is 12.1 Å². The van der Waals surface area contributed by atoms with E-state index in [-0.39, 0.29) is 5.56 Å². The van der Waals surface area contributed by atoms with E-state index < -0.39 is 41.5 Å². The van der Waals surface area contributed by atoms with Gasteiger partial charge in [0.05, 0.1) is 5.56 Å². The molecule has 1 aromatic rings. The number of alkyl halides is 3. The zero-order chi connectivity index (χ0) is 16.7. The molecule has 22 heavy (non-hydrogen) atoms. The quantitative estimate of drug-likeness (QED) is 0.929. The van der Waals surface area contributed by atoms with Gasteiger partial charge in [0.25, 0.3) is 0 Å². The molecule has 0 spiro atoms. The van der Waals surface area contributed by atoms with Crippen LogP contribution in [0.4, 0.5) is 13.2 Å². The number of carboxylic acid groups (broad SMARTS) is 1. The molecule has 1 amide bonds. The minimum Gasteiger partial charge on any atom is -0.480 e. The number of benzene rings is 1. The van der Waals surface area contributed by atoms with Gasteiger partial charge in [0.15, 0.2) is 0 Å². The largest absolute Gasteiger partial charge is 0.480 e. The monoisotopic (exact) mass is 315 g/mol. The zero-order valence-corrected chi connectivity index (χ0v) is 12.1. The summed E-state index contributed by atoms with van der Waals surface area (Å²) in [5, 5.41) is 8.89. The van der Waals surface area contributed by atoms with Gasteiger partial charge in [0.2, 0.25) is 5.91 Å². The van der Waals surface area contributed by atoms with Crippen LogP contribution in [0.1, 0.15) is 30.4 Å². The summed E-state index contributed by atoms with van der Waals surface area (Å²) in [5.74, 6) is -2.68. The molecule has 2 rings (SSSR count). The van der Waals surface area contributed by atoms with E-state index in [1.54, 1.807) is 0 Å². The highest BCUT2D eigenvalue weighted by molar-refractivity contribution is 5.87. The number of likely N-dealkylation sites (N-methyl/N-ethyl adjacent to an activating group) is 1. The predicted molar refractivity (Wildman–Crippen MR) is 72.2 cm³/mol. The molecule has 1 aromatic carbocycles. The van der Waals surface area contributed by atoms with E-state index >= 15 is 0 Å². The van der Waals surface area contributed by atoms with Crippen molar-refractivity contribution in [1.29, 1.82) is 0 Å². The summed E-state index contributed by atoms with van der Waals surface area (Å²) in [5.41, 5.74) is -0.631. The van der Waals surface area contributed by atoms with Crippen molar-refractivity contribution in [3.05, 3.63) is 35.4 Å². The maximum atomic E-state index is 13.0. The molecule has 0 heterocycles. The highest BCUT2D eigenvalue weighted by atomic mass is 19.4. The van der Waals surface area contributed by atoms with Crippen molar-refractivity contribution in [2.75, 3.05) is 7.05 Å². The first kappa shape index (κ1) is 16.3. The first-order valence-electron chi connectivity index (χ1n) is 6.80. The Kier molecular flexibility index (Phi) is 4.17. The van der Waals surface area contributed by atoms with E-state index in [9.17, 15) is 22.8 Å². The van der Waals surface area contributed by atoms with Crippen LogP contribution in [0.5, 0.6) is 0 Å². The molecule has 0 radical (unpaired) electrons. The lowest BCUT2D eigenvalue weighted by molar-refractivity contribution is -0.148. The minimum atomic E-state index is -4.47. The highest BCUT2D eigenvalue weighted by Gasteiger charge is 2.49. The van der Waals surface area contributed by atoms with Gasteiger partial charge in [-0.15, -0.1) is 0 Å². The summed E-state index contributed by atoms with van der Waals surface area (Å²) < 4.78 is 39.0. The number of amides is 1. The van der Waals surface area contributed by atoms with Gasteiger partial charge in [0, 0.05) is 13.0 Å². The average molecular weight is 315 g/mol. The fourth-order valence-corrected chi connectivity index (χ4v) is 2.51. The molecule has 4 nitrogen and oxygen atoms in total.